The van der Waals surface area contributed by atoms with E-state index >= 15 is 0 Å². The average molecular weight is 391 g/mol. The molecule has 27 heavy (non-hydrogen) atoms. The van der Waals surface area contributed by atoms with E-state index in [1.165, 1.54) is 77.0 Å². The first kappa shape index (κ1) is 29.0. The van der Waals surface area contributed by atoms with E-state index in [0.717, 1.165) is 25.0 Å². The van der Waals surface area contributed by atoms with Gasteiger partial charge in [-0.3, -0.25) is 0 Å². The first-order valence-corrected chi connectivity index (χ1v) is 11.4. The van der Waals surface area contributed by atoms with Crippen LogP contribution in [0, 0.1) is 11.8 Å². The summed E-state index contributed by atoms with van der Waals surface area (Å²) in [6.07, 6.45) is 15.5. The first-order chi connectivity index (χ1) is 12.9. The van der Waals surface area contributed by atoms with Gasteiger partial charge in [-0.1, -0.05) is 91.9 Å². The Hall–Kier alpha value is -0.160. The van der Waals surface area contributed by atoms with Gasteiger partial charge in [0.2, 0.25) is 0 Å². The number of ether oxygens (including phenoxy) is 1. The van der Waals surface area contributed by atoms with Crippen LogP contribution in [0.25, 0.3) is 0 Å². The van der Waals surface area contributed by atoms with Gasteiger partial charge in [-0.15, -0.1) is 0 Å². The smallest absolute Gasteiger partial charge is 0.100 e. The maximum Gasteiger partial charge on any atom is 0.100 e. The molecule has 0 saturated heterocycles. The lowest BCUT2D eigenvalue weighted by molar-refractivity contribution is 0.0450. The van der Waals surface area contributed by atoms with Crippen molar-refractivity contribution in [3.05, 3.63) is 0 Å². The molecule has 0 aromatic heterocycles. The van der Waals surface area contributed by atoms with Crippen molar-refractivity contribution in [2.45, 2.75) is 111 Å². The van der Waals surface area contributed by atoms with E-state index in [2.05, 4.69) is 27.7 Å². The molecule has 0 heterocycles. The van der Waals surface area contributed by atoms with Gasteiger partial charge in [0.25, 0.3) is 0 Å². The van der Waals surface area contributed by atoms with E-state index in [-0.39, 0.29) is 13.2 Å². The van der Waals surface area contributed by atoms with Crippen LogP contribution < -0.4 is 0 Å². The zero-order chi connectivity index (χ0) is 20.8. The van der Waals surface area contributed by atoms with E-state index in [1.807, 2.05) is 0 Å². The van der Waals surface area contributed by atoms with Gasteiger partial charge in [0.1, 0.15) is 6.10 Å². The van der Waals surface area contributed by atoms with Gasteiger partial charge in [0.05, 0.1) is 13.2 Å². The maximum atomic E-state index is 8.17. The molecule has 0 aliphatic heterocycles. The molecule has 0 amide bonds. The molecule has 0 aromatic rings. The highest BCUT2D eigenvalue weighted by molar-refractivity contribution is 4.50. The van der Waals surface area contributed by atoms with Gasteiger partial charge < -0.3 is 20.1 Å². The van der Waals surface area contributed by atoms with Crippen molar-refractivity contribution < 1.29 is 20.1 Å². The summed E-state index contributed by atoms with van der Waals surface area (Å²) in [5.74, 6) is 1.75. The normalized spacial score (nSPS) is 11.3. The van der Waals surface area contributed by atoms with Gasteiger partial charge in [-0.25, -0.2) is 0 Å². The molecule has 4 nitrogen and oxygen atoms in total. The summed E-state index contributed by atoms with van der Waals surface area (Å²) in [5.41, 5.74) is 0. The Morgan fingerprint density at radius 3 is 1.19 bits per heavy atom. The summed E-state index contributed by atoms with van der Waals surface area (Å²) in [6.45, 7) is 10.5. The summed E-state index contributed by atoms with van der Waals surface area (Å²) in [7, 11) is 0. The molecule has 0 aliphatic rings. The van der Waals surface area contributed by atoms with Crippen LogP contribution in [0.2, 0.25) is 0 Å². The van der Waals surface area contributed by atoms with Crippen LogP contribution in [0.1, 0.15) is 105 Å². The fraction of sp³-hybridized carbons (Fsp3) is 1.00. The molecule has 0 aromatic carbocycles. The average Bonchev–Trinajstić information content (AvgIpc) is 2.64. The van der Waals surface area contributed by atoms with Gasteiger partial charge in [0, 0.05) is 13.2 Å². The van der Waals surface area contributed by atoms with E-state index in [0.29, 0.717) is 0 Å². The Bertz CT molecular complexity index is 233. The van der Waals surface area contributed by atoms with E-state index in [9.17, 15) is 0 Å². The molecular weight excluding hydrogens is 340 g/mol. The molecule has 0 aliphatic carbocycles. The highest BCUT2D eigenvalue weighted by atomic mass is 16.5. The molecule has 0 saturated carbocycles. The topological polar surface area (TPSA) is 69.9 Å². The number of hydrogen-bond acceptors (Lipinski definition) is 4. The summed E-state index contributed by atoms with van der Waals surface area (Å²) in [5, 5.41) is 24.0. The second kappa shape index (κ2) is 23.9. The molecule has 4 heteroatoms. The number of aliphatic hydroxyl groups excluding tert-OH is 3. The zero-order valence-electron chi connectivity index (χ0n) is 18.8. The van der Waals surface area contributed by atoms with Gasteiger partial charge >= 0.3 is 0 Å². The van der Waals surface area contributed by atoms with Crippen molar-refractivity contribution in [3.63, 3.8) is 0 Å². The summed E-state index contributed by atoms with van der Waals surface area (Å²) >= 11 is 0. The Balaban J connectivity index is 0. The Labute approximate surface area is 169 Å². The van der Waals surface area contributed by atoms with Crippen molar-refractivity contribution in [2.75, 3.05) is 26.4 Å². The van der Waals surface area contributed by atoms with Crippen molar-refractivity contribution >= 4 is 0 Å². The highest BCUT2D eigenvalue weighted by Gasteiger charge is 1.97. The predicted octanol–water partition coefficient (Wildman–Crippen LogP) is 5.33. The van der Waals surface area contributed by atoms with Crippen LogP contribution in [0.5, 0.6) is 0 Å². The Morgan fingerprint density at radius 2 is 0.889 bits per heavy atom. The number of aliphatic hydroxyl groups is 3. The van der Waals surface area contributed by atoms with E-state index in [1.54, 1.807) is 0 Å². The molecule has 0 unspecified atom stereocenters. The monoisotopic (exact) mass is 390 g/mol. The van der Waals surface area contributed by atoms with Crippen LogP contribution in [0.4, 0.5) is 0 Å². The predicted molar refractivity (Wildman–Crippen MR) is 116 cm³/mol. The maximum absolute atomic E-state index is 8.17. The van der Waals surface area contributed by atoms with Gasteiger partial charge in [0.15, 0.2) is 0 Å². The van der Waals surface area contributed by atoms with Crippen molar-refractivity contribution in [2.24, 2.45) is 11.8 Å². The zero-order valence-corrected chi connectivity index (χ0v) is 18.8. The third-order valence-corrected chi connectivity index (χ3v) is 4.56. The van der Waals surface area contributed by atoms with Crippen LogP contribution >= 0.6 is 0 Å². The Morgan fingerprint density at radius 1 is 0.556 bits per heavy atom. The SMILES string of the molecule is CC(C)CCCCCCCOCCCCCCCC(C)C.OCC(O)CO. The summed E-state index contributed by atoms with van der Waals surface area (Å²) in [6, 6.07) is 0. The number of unbranched alkanes of at least 4 members (excludes halogenated alkanes) is 8. The minimum Gasteiger partial charge on any atom is -0.394 e. The van der Waals surface area contributed by atoms with Crippen LogP contribution in [-0.4, -0.2) is 47.9 Å². The standard InChI is InChI=1S/C20H42O.C3H8O3/c1-19(2)15-11-7-5-9-13-17-21-18-14-10-6-8-12-16-20(3)4;4-1-3(6)2-5/h19-20H,5-18H2,1-4H3;3-6H,1-2H2. The first-order valence-electron chi connectivity index (χ1n) is 11.4. The molecule has 0 radical (unpaired) electrons. The number of rotatable bonds is 18. The summed E-state index contributed by atoms with van der Waals surface area (Å²) < 4.78 is 5.72. The third-order valence-electron chi connectivity index (χ3n) is 4.56. The van der Waals surface area contributed by atoms with Crippen LogP contribution in [0.15, 0.2) is 0 Å². The lowest BCUT2D eigenvalue weighted by Crippen LogP contribution is -2.15. The van der Waals surface area contributed by atoms with Crippen molar-refractivity contribution in [1.29, 1.82) is 0 Å². The molecule has 0 atom stereocenters. The molecule has 0 fully saturated rings. The summed E-state index contributed by atoms with van der Waals surface area (Å²) in [4.78, 5) is 0. The lowest BCUT2D eigenvalue weighted by Gasteiger charge is -2.06. The van der Waals surface area contributed by atoms with E-state index < -0.39 is 6.10 Å². The third kappa shape index (κ3) is 30.8. The molecule has 0 spiro atoms. The molecule has 3 N–H and O–H groups in total. The fourth-order valence-electron chi connectivity index (χ4n) is 2.73. The minimum atomic E-state index is -0.954. The fourth-order valence-corrected chi connectivity index (χ4v) is 2.73. The second-order valence-corrected chi connectivity index (χ2v) is 8.53. The number of hydrogen-bond donors (Lipinski definition) is 3. The Kier molecular flexibility index (Phi) is 25.7. The van der Waals surface area contributed by atoms with Crippen LogP contribution in [0.3, 0.4) is 0 Å². The molecule has 0 bridgehead atoms. The van der Waals surface area contributed by atoms with Gasteiger partial charge in [-0.05, 0) is 24.7 Å². The molecule has 166 valence electrons. The van der Waals surface area contributed by atoms with Gasteiger partial charge in [-0.2, -0.15) is 0 Å². The minimum absolute atomic E-state index is 0.365. The van der Waals surface area contributed by atoms with E-state index in [4.69, 9.17) is 20.1 Å². The quantitative estimate of drug-likeness (QED) is 0.277. The van der Waals surface area contributed by atoms with Crippen molar-refractivity contribution in [1.82, 2.24) is 0 Å². The van der Waals surface area contributed by atoms with Crippen molar-refractivity contribution in [3.8, 4) is 0 Å². The molecule has 0 rings (SSSR count). The van der Waals surface area contributed by atoms with Crippen LogP contribution in [-0.2, 0) is 4.74 Å². The lowest BCUT2D eigenvalue weighted by atomic mass is 10.0. The largest absolute Gasteiger partial charge is 0.394 e. The molecular formula is C23H50O4. The highest BCUT2D eigenvalue weighted by Crippen LogP contribution is 2.11. The second-order valence-electron chi connectivity index (χ2n) is 8.53.